The van der Waals surface area contributed by atoms with Gasteiger partial charge in [0, 0.05) is 20.3 Å². The molecule has 136 valence electrons. The molecule has 0 radical (unpaired) electrons. The number of hydrogen-bond donors (Lipinski definition) is 3. The first-order chi connectivity index (χ1) is 11.8. The first kappa shape index (κ1) is 19.1. The largest absolute Gasteiger partial charge is 0.416 e. The first-order valence-electron chi connectivity index (χ1n) is 7.30. The van der Waals surface area contributed by atoms with Crippen LogP contribution >= 0.6 is 11.6 Å². The highest BCUT2D eigenvalue weighted by atomic mass is 35.5. The van der Waals surface area contributed by atoms with Gasteiger partial charge in [-0.25, -0.2) is 9.97 Å². The summed E-state index contributed by atoms with van der Waals surface area (Å²) < 4.78 is 43.5. The molecule has 1 aromatic heterocycles. The van der Waals surface area contributed by atoms with E-state index in [1.807, 2.05) is 0 Å². The molecule has 0 bridgehead atoms. The van der Waals surface area contributed by atoms with Crippen LogP contribution < -0.4 is 16.4 Å². The topological polar surface area (TPSA) is 85.1 Å². The minimum absolute atomic E-state index is 0.0484. The average Bonchev–Trinajstić information content (AvgIpc) is 2.55. The number of ether oxygens (including phenoxy) is 1. The molecule has 10 heteroatoms. The SMILES string of the molecule is COCCCNc1ncnc(Nc2cc(C(F)(F)F)ccc2Cl)c1N. The molecule has 0 amide bonds. The number of rotatable bonds is 7. The van der Waals surface area contributed by atoms with Crippen LogP contribution in [0.25, 0.3) is 0 Å². The van der Waals surface area contributed by atoms with Crippen LogP contribution in [0.5, 0.6) is 0 Å². The highest BCUT2D eigenvalue weighted by Crippen LogP contribution is 2.35. The molecule has 1 heterocycles. The Morgan fingerprint density at radius 2 is 1.96 bits per heavy atom. The van der Waals surface area contributed by atoms with Crippen LogP contribution in [0.1, 0.15) is 12.0 Å². The van der Waals surface area contributed by atoms with E-state index in [1.54, 1.807) is 7.11 Å². The number of alkyl halides is 3. The molecule has 25 heavy (non-hydrogen) atoms. The number of hydrogen-bond acceptors (Lipinski definition) is 6. The van der Waals surface area contributed by atoms with E-state index in [0.717, 1.165) is 24.6 Å². The number of methoxy groups -OCH3 is 1. The second kappa shape index (κ2) is 8.21. The molecule has 0 aliphatic rings. The molecule has 4 N–H and O–H groups in total. The van der Waals surface area contributed by atoms with Gasteiger partial charge in [-0.2, -0.15) is 13.2 Å². The molecule has 0 unspecified atom stereocenters. The lowest BCUT2D eigenvalue weighted by atomic mass is 10.2. The Labute approximate surface area is 147 Å². The van der Waals surface area contributed by atoms with Crippen molar-refractivity contribution in [1.29, 1.82) is 0 Å². The predicted molar refractivity (Wildman–Crippen MR) is 91.2 cm³/mol. The summed E-state index contributed by atoms with van der Waals surface area (Å²) in [6.07, 6.45) is -2.49. The second-order valence-electron chi connectivity index (χ2n) is 5.08. The smallest absolute Gasteiger partial charge is 0.393 e. The normalized spacial score (nSPS) is 11.4. The maximum atomic E-state index is 12.8. The summed E-state index contributed by atoms with van der Waals surface area (Å²) in [5, 5.41) is 5.85. The number of nitrogens with zero attached hydrogens (tertiary/aromatic N) is 2. The van der Waals surface area contributed by atoms with E-state index >= 15 is 0 Å². The highest BCUT2D eigenvalue weighted by molar-refractivity contribution is 6.33. The Bertz CT molecular complexity index is 727. The quantitative estimate of drug-likeness (QED) is 0.636. The van der Waals surface area contributed by atoms with Gasteiger partial charge in [0.05, 0.1) is 16.3 Å². The Morgan fingerprint density at radius 1 is 1.24 bits per heavy atom. The van der Waals surface area contributed by atoms with Gasteiger partial charge in [0.25, 0.3) is 0 Å². The Morgan fingerprint density at radius 3 is 2.64 bits per heavy atom. The zero-order valence-electron chi connectivity index (χ0n) is 13.3. The molecule has 1 aromatic carbocycles. The van der Waals surface area contributed by atoms with Gasteiger partial charge < -0.3 is 21.1 Å². The van der Waals surface area contributed by atoms with Crippen molar-refractivity contribution >= 4 is 34.6 Å². The fourth-order valence-corrected chi connectivity index (χ4v) is 2.15. The van der Waals surface area contributed by atoms with E-state index in [-0.39, 0.29) is 22.2 Å². The minimum Gasteiger partial charge on any atom is -0.393 e. The molecule has 0 fully saturated rings. The molecule has 0 aliphatic heterocycles. The molecule has 0 saturated carbocycles. The van der Waals surface area contributed by atoms with E-state index in [9.17, 15) is 13.2 Å². The van der Waals surface area contributed by atoms with Crippen LogP contribution in [0.3, 0.4) is 0 Å². The van der Waals surface area contributed by atoms with Gasteiger partial charge in [0.15, 0.2) is 11.6 Å². The van der Waals surface area contributed by atoms with Gasteiger partial charge in [-0.15, -0.1) is 0 Å². The number of halogens is 4. The summed E-state index contributed by atoms with van der Waals surface area (Å²) in [7, 11) is 1.60. The van der Waals surface area contributed by atoms with E-state index in [2.05, 4.69) is 20.6 Å². The summed E-state index contributed by atoms with van der Waals surface area (Å²) in [6, 6.07) is 2.96. The number of nitrogens with two attached hydrogens (primary N) is 1. The van der Waals surface area contributed by atoms with Crippen LogP contribution in [0.2, 0.25) is 5.02 Å². The van der Waals surface area contributed by atoms with Crippen LogP contribution in [0.4, 0.5) is 36.2 Å². The van der Waals surface area contributed by atoms with Crippen LogP contribution in [0, 0.1) is 0 Å². The summed E-state index contributed by atoms with van der Waals surface area (Å²) >= 11 is 5.96. The molecule has 2 aromatic rings. The lowest BCUT2D eigenvalue weighted by Crippen LogP contribution is -2.11. The minimum atomic E-state index is -4.48. The molecular formula is C15H17ClF3N5O. The molecule has 0 aliphatic carbocycles. The number of aromatic nitrogens is 2. The number of nitrogens with one attached hydrogen (secondary N) is 2. The number of benzene rings is 1. The van der Waals surface area contributed by atoms with Crippen molar-refractivity contribution in [2.24, 2.45) is 0 Å². The van der Waals surface area contributed by atoms with Crippen LogP contribution in [0.15, 0.2) is 24.5 Å². The zero-order valence-corrected chi connectivity index (χ0v) is 14.1. The van der Waals surface area contributed by atoms with E-state index in [4.69, 9.17) is 22.1 Å². The van der Waals surface area contributed by atoms with Crippen molar-refractivity contribution < 1.29 is 17.9 Å². The van der Waals surface area contributed by atoms with Crippen LogP contribution in [-0.4, -0.2) is 30.2 Å². The lowest BCUT2D eigenvalue weighted by Gasteiger charge is -2.15. The summed E-state index contributed by atoms with van der Waals surface area (Å²) in [5.74, 6) is 0.530. The third kappa shape index (κ3) is 5.10. The van der Waals surface area contributed by atoms with Gasteiger partial charge in [0.1, 0.15) is 12.0 Å². The third-order valence-corrected chi connectivity index (χ3v) is 3.58. The highest BCUT2D eigenvalue weighted by Gasteiger charge is 2.31. The fraction of sp³-hybridized carbons (Fsp3) is 0.333. The Balaban J connectivity index is 2.20. The van der Waals surface area contributed by atoms with E-state index in [1.165, 1.54) is 6.33 Å². The molecule has 2 rings (SSSR count). The zero-order chi connectivity index (χ0) is 18.4. The molecule has 0 saturated heterocycles. The second-order valence-corrected chi connectivity index (χ2v) is 5.48. The maximum Gasteiger partial charge on any atom is 0.416 e. The Kier molecular flexibility index (Phi) is 6.27. The van der Waals surface area contributed by atoms with E-state index in [0.29, 0.717) is 19.0 Å². The third-order valence-electron chi connectivity index (χ3n) is 3.25. The number of nitrogen functional groups attached to an aromatic ring is 1. The van der Waals surface area contributed by atoms with Gasteiger partial charge >= 0.3 is 6.18 Å². The van der Waals surface area contributed by atoms with Crippen molar-refractivity contribution in [1.82, 2.24) is 9.97 Å². The van der Waals surface area contributed by atoms with Crippen LogP contribution in [-0.2, 0) is 10.9 Å². The van der Waals surface area contributed by atoms with Crippen molar-refractivity contribution in [3.8, 4) is 0 Å². The molecular weight excluding hydrogens is 359 g/mol. The lowest BCUT2D eigenvalue weighted by molar-refractivity contribution is -0.137. The van der Waals surface area contributed by atoms with Crippen molar-refractivity contribution in [3.05, 3.63) is 35.1 Å². The molecule has 6 nitrogen and oxygen atoms in total. The summed E-state index contributed by atoms with van der Waals surface area (Å²) in [5.41, 5.74) is 5.37. The van der Waals surface area contributed by atoms with Gasteiger partial charge in [-0.3, -0.25) is 0 Å². The monoisotopic (exact) mass is 375 g/mol. The number of anilines is 4. The van der Waals surface area contributed by atoms with Gasteiger partial charge in [-0.1, -0.05) is 11.6 Å². The maximum absolute atomic E-state index is 12.8. The van der Waals surface area contributed by atoms with Crippen molar-refractivity contribution in [3.63, 3.8) is 0 Å². The standard InChI is InChI=1S/C15H17ClF3N5O/c1-25-6-2-5-21-13-12(20)14(23-8-22-13)24-11-7-9(15(17,18)19)3-4-10(11)16/h3-4,7-8H,2,5-6,20H2,1H3,(H2,21,22,23,24). The average molecular weight is 376 g/mol. The van der Waals surface area contributed by atoms with Crippen molar-refractivity contribution in [2.45, 2.75) is 12.6 Å². The molecule has 0 spiro atoms. The summed E-state index contributed by atoms with van der Waals surface area (Å²) in [4.78, 5) is 7.98. The Hall–Kier alpha value is -2.26. The first-order valence-corrected chi connectivity index (χ1v) is 7.67. The molecule has 0 atom stereocenters. The van der Waals surface area contributed by atoms with Gasteiger partial charge in [-0.05, 0) is 24.6 Å². The van der Waals surface area contributed by atoms with Crippen molar-refractivity contribution in [2.75, 3.05) is 36.6 Å². The predicted octanol–water partition coefficient (Wildman–Crippen LogP) is 3.92. The summed E-state index contributed by atoms with van der Waals surface area (Å²) in [6.45, 7) is 1.14. The fourth-order valence-electron chi connectivity index (χ4n) is 1.98. The van der Waals surface area contributed by atoms with E-state index < -0.39 is 11.7 Å². The van der Waals surface area contributed by atoms with Gasteiger partial charge in [0.2, 0.25) is 0 Å².